The lowest BCUT2D eigenvalue weighted by atomic mass is 9.72. The van der Waals surface area contributed by atoms with Crippen LogP contribution >= 0.6 is 0 Å². The number of hydrogen-bond donors (Lipinski definition) is 1. The zero-order valence-electron chi connectivity index (χ0n) is 13.8. The number of hydrogen-bond acceptors (Lipinski definition) is 2. The molecule has 2 aliphatic rings. The summed E-state index contributed by atoms with van der Waals surface area (Å²) in [4.78, 5) is 4.71. The topological polar surface area (TPSA) is 24.9 Å². The van der Waals surface area contributed by atoms with Crippen molar-refractivity contribution >= 4 is 0 Å². The summed E-state index contributed by atoms with van der Waals surface area (Å²) in [5.41, 5.74) is 2.86. The van der Waals surface area contributed by atoms with Gasteiger partial charge in [0.1, 0.15) is 0 Å². The summed E-state index contributed by atoms with van der Waals surface area (Å²) in [6, 6.07) is 4.97. The number of likely N-dealkylation sites (N-methyl/N-ethyl adjacent to an activating group) is 1. The van der Waals surface area contributed by atoms with Crippen LogP contribution in [-0.4, -0.2) is 18.1 Å². The molecule has 3 rings (SSSR count). The molecule has 2 nitrogen and oxygen atoms in total. The Morgan fingerprint density at radius 2 is 1.81 bits per heavy atom. The van der Waals surface area contributed by atoms with Gasteiger partial charge in [0.2, 0.25) is 0 Å². The van der Waals surface area contributed by atoms with E-state index in [1.807, 2.05) is 6.20 Å². The monoisotopic (exact) mass is 286 g/mol. The number of pyridine rings is 1. The predicted molar refractivity (Wildman–Crippen MR) is 88.4 cm³/mol. The summed E-state index contributed by atoms with van der Waals surface area (Å²) in [5, 5.41) is 3.66. The molecule has 0 saturated heterocycles. The summed E-state index contributed by atoms with van der Waals surface area (Å²) in [6.45, 7) is 4.77. The van der Waals surface area contributed by atoms with Gasteiger partial charge in [-0.05, 0) is 75.0 Å². The van der Waals surface area contributed by atoms with Crippen molar-refractivity contribution in [1.82, 2.24) is 10.3 Å². The van der Waals surface area contributed by atoms with Crippen LogP contribution in [-0.2, 0) is 6.42 Å². The van der Waals surface area contributed by atoms with E-state index in [0.717, 1.165) is 17.8 Å². The molecule has 0 bridgehead atoms. The van der Waals surface area contributed by atoms with Crippen molar-refractivity contribution in [2.75, 3.05) is 7.05 Å². The molecule has 1 aromatic rings. The predicted octanol–water partition coefficient (Wildman–Crippen LogP) is 4.16. The first-order chi connectivity index (χ1) is 10.2. The van der Waals surface area contributed by atoms with Crippen molar-refractivity contribution in [2.45, 2.75) is 64.3 Å². The molecule has 0 radical (unpaired) electrons. The molecule has 1 fully saturated rings. The van der Waals surface area contributed by atoms with Crippen LogP contribution in [0.5, 0.6) is 0 Å². The Kier molecular flexibility index (Phi) is 4.63. The van der Waals surface area contributed by atoms with Crippen molar-refractivity contribution in [1.29, 1.82) is 0 Å². The van der Waals surface area contributed by atoms with Crippen LogP contribution in [0.2, 0.25) is 0 Å². The second-order valence-corrected chi connectivity index (χ2v) is 7.43. The molecule has 2 heteroatoms. The lowest BCUT2D eigenvalue weighted by Gasteiger charge is -2.38. The van der Waals surface area contributed by atoms with Crippen LogP contribution in [0.15, 0.2) is 18.3 Å². The molecular weight excluding hydrogens is 256 g/mol. The molecule has 21 heavy (non-hydrogen) atoms. The van der Waals surface area contributed by atoms with Gasteiger partial charge in [0.25, 0.3) is 0 Å². The van der Waals surface area contributed by atoms with Crippen LogP contribution in [0.25, 0.3) is 0 Å². The van der Waals surface area contributed by atoms with Crippen LogP contribution in [0, 0.1) is 17.8 Å². The number of nitrogens with one attached hydrogen (secondary N) is 1. The van der Waals surface area contributed by atoms with Gasteiger partial charge in [0.15, 0.2) is 0 Å². The molecule has 1 heterocycles. The van der Waals surface area contributed by atoms with Gasteiger partial charge in [-0.1, -0.05) is 19.9 Å². The maximum atomic E-state index is 4.71. The number of aryl methyl sites for hydroxylation is 1. The van der Waals surface area contributed by atoms with E-state index in [1.165, 1.54) is 49.8 Å². The van der Waals surface area contributed by atoms with E-state index >= 15 is 0 Å². The van der Waals surface area contributed by atoms with E-state index < -0.39 is 0 Å². The number of aromatic nitrogens is 1. The summed E-state index contributed by atoms with van der Waals surface area (Å²) in [5.74, 6) is 3.27. The van der Waals surface area contributed by atoms with E-state index in [2.05, 4.69) is 38.3 Å². The van der Waals surface area contributed by atoms with Gasteiger partial charge in [-0.2, -0.15) is 0 Å². The molecule has 0 spiro atoms. The first-order valence-corrected chi connectivity index (χ1v) is 8.81. The number of nitrogens with zero attached hydrogens (tertiary/aromatic N) is 1. The van der Waals surface area contributed by atoms with Crippen molar-refractivity contribution in [3.63, 3.8) is 0 Å². The minimum Gasteiger partial charge on any atom is -0.316 e. The molecule has 2 aliphatic carbocycles. The van der Waals surface area contributed by atoms with E-state index in [1.54, 1.807) is 0 Å². The quantitative estimate of drug-likeness (QED) is 0.899. The molecule has 1 aromatic heterocycles. The van der Waals surface area contributed by atoms with Crippen LogP contribution in [0.3, 0.4) is 0 Å². The Labute approximate surface area is 129 Å². The van der Waals surface area contributed by atoms with E-state index in [4.69, 9.17) is 4.98 Å². The van der Waals surface area contributed by atoms with Gasteiger partial charge < -0.3 is 5.32 Å². The Balaban J connectivity index is 1.70. The standard InChI is InChI=1S/C19H30N2/c1-13(2)14-6-8-16(9-7-14)18(20-3)17-11-10-15-5-4-12-21-19(15)17/h4-5,12-14,16-18,20H,6-11H2,1-3H3. The van der Waals surface area contributed by atoms with Gasteiger partial charge in [0.05, 0.1) is 0 Å². The molecule has 0 aliphatic heterocycles. The molecule has 1 saturated carbocycles. The summed E-state index contributed by atoms with van der Waals surface area (Å²) < 4.78 is 0. The largest absolute Gasteiger partial charge is 0.316 e. The lowest BCUT2D eigenvalue weighted by molar-refractivity contribution is 0.178. The normalized spacial score (nSPS) is 30.4. The maximum Gasteiger partial charge on any atom is 0.0482 e. The first-order valence-electron chi connectivity index (χ1n) is 8.81. The second kappa shape index (κ2) is 6.48. The van der Waals surface area contributed by atoms with Gasteiger partial charge in [0, 0.05) is 23.9 Å². The third-order valence-electron chi connectivity index (χ3n) is 6.04. The van der Waals surface area contributed by atoms with Gasteiger partial charge in [-0.15, -0.1) is 0 Å². The summed E-state index contributed by atoms with van der Waals surface area (Å²) in [7, 11) is 2.15. The molecule has 0 amide bonds. The molecule has 2 atom stereocenters. The molecule has 116 valence electrons. The third kappa shape index (κ3) is 3.01. The van der Waals surface area contributed by atoms with Crippen molar-refractivity contribution in [3.8, 4) is 0 Å². The average molecular weight is 286 g/mol. The number of rotatable bonds is 4. The van der Waals surface area contributed by atoms with E-state index in [9.17, 15) is 0 Å². The second-order valence-electron chi connectivity index (χ2n) is 7.43. The zero-order chi connectivity index (χ0) is 14.8. The maximum absolute atomic E-state index is 4.71. The highest BCUT2D eigenvalue weighted by Gasteiger charge is 2.36. The minimum absolute atomic E-state index is 0.620. The van der Waals surface area contributed by atoms with E-state index in [0.29, 0.717) is 12.0 Å². The average Bonchev–Trinajstić information content (AvgIpc) is 2.93. The van der Waals surface area contributed by atoms with E-state index in [-0.39, 0.29) is 0 Å². The highest BCUT2D eigenvalue weighted by molar-refractivity contribution is 5.30. The minimum atomic E-state index is 0.620. The summed E-state index contributed by atoms with van der Waals surface area (Å²) >= 11 is 0. The van der Waals surface area contributed by atoms with Crippen LogP contribution < -0.4 is 5.32 Å². The van der Waals surface area contributed by atoms with Crippen LogP contribution in [0.4, 0.5) is 0 Å². The van der Waals surface area contributed by atoms with Crippen molar-refractivity contribution in [3.05, 3.63) is 29.6 Å². The molecule has 1 N–H and O–H groups in total. The molecule has 0 aromatic carbocycles. The Hall–Kier alpha value is -0.890. The Morgan fingerprint density at radius 1 is 1.10 bits per heavy atom. The summed E-state index contributed by atoms with van der Waals surface area (Å²) in [6.07, 6.45) is 10.1. The Morgan fingerprint density at radius 3 is 2.48 bits per heavy atom. The Bertz CT molecular complexity index is 460. The zero-order valence-corrected chi connectivity index (χ0v) is 13.8. The lowest BCUT2D eigenvalue weighted by Crippen LogP contribution is -2.40. The van der Waals surface area contributed by atoms with Crippen molar-refractivity contribution < 1.29 is 0 Å². The first kappa shape index (κ1) is 15.0. The highest BCUT2D eigenvalue weighted by atomic mass is 14.9. The highest BCUT2D eigenvalue weighted by Crippen LogP contribution is 2.42. The van der Waals surface area contributed by atoms with Gasteiger partial charge in [-0.25, -0.2) is 0 Å². The van der Waals surface area contributed by atoms with Crippen molar-refractivity contribution in [2.24, 2.45) is 17.8 Å². The fourth-order valence-electron chi connectivity index (χ4n) is 4.73. The third-order valence-corrected chi connectivity index (χ3v) is 6.04. The van der Waals surface area contributed by atoms with Crippen LogP contribution in [0.1, 0.15) is 63.1 Å². The SMILES string of the molecule is CNC(C1CCC(C(C)C)CC1)C1CCc2cccnc21. The molecule has 2 unspecified atom stereocenters. The van der Waals surface area contributed by atoms with Gasteiger partial charge in [-0.3, -0.25) is 4.98 Å². The number of fused-ring (bicyclic) bond motifs is 1. The van der Waals surface area contributed by atoms with Gasteiger partial charge >= 0.3 is 0 Å². The smallest absolute Gasteiger partial charge is 0.0482 e. The molecular formula is C19H30N2. The fraction of sp³-hybridized carbons (Fsp3) is 0.737. The fourth-order valence-corrected chi connectivity index (χ4v) is 4.73.